The molecule has 4 heterocycles. The Labute approximate surface area is 164 Å². The summed E-state index contributed by atoms with van der Waals surface area (Å²) >= 11 is 0. The molecule has 10 nitrogen and oxygen atoms in total. The third-order valence-corrected chi connectivity index (χ3v) is 5.44. The Balaban J connectivity index is 1.34. The molecule has 0 spiro atoms. The first-order valence-corrected chi connectivity index (χ1v) is 9.24. The van der Waals surface area contributed by atoms with Crippen molar-refractivity contribution in [1.29, 1.82) is 0 Å². The fraction of sp³-hybridized carbons (Fsp3) is 0.316. The van der Waals surface area contributed by atoms with Gasteiger partial charge in [-0.15, -0.1) is 0 Å². The molecule has 1 aromatic heterocycles. The van der Waals surface area contributed by atoms with E-state index < -0.39 is 11.9 Å². The highest BCUT2D eigenvalue weighted by molar-refractivity contribution is 6.07. The summed E-state index contributed by atoms with van der Waals surface area (Å²) < 4.78 is 5.31. The zero-order chi connectivity index (χ0) is 20.1. The molecule has 3 aliphatic rings. The van der Waals surface area contributed by atoms with E-state index in [9.17, 15) is 19.2 Å². The largest absolute Gasteiger partial charge is 0.370 e. The minimum absolute atomic E-state index is 0.204. The van der Waals surface area contributed by atoms with Gasteiger partial charge in [-0.2, -0.15) is 5.10 Å². The number of H-pyrrole nitrogens is 1. The first-order valence-electron chi connectivity index (χ1n) is 9.24. The van der Waals surface area contributed by atoms with Crippen molar-refractivity contribution in [3.8, 4) is 0 Å². The van der Waals surface area contributed by atoms with Gasteiger partial charge in [0.25, 0.3) is 11.8 Å². The number of rotatable bonds is 3. The Bertz CT molecular complexity index is 1070. The van der Waals surface area contributed by atoms with E-state index in [4.69, 9.17) is 4.74 Å². The first kappa shape index (κ1) is 17.6. The van der Waals surface area contributed by atoms with Crippen molar-refractivity contribution in [3.63, 3.8) is 0 Å². The number of carbonyl (C=O) groups is 4. The average Bonchev–Trinajstić information content (AvgIpc) is 3.37. The molecule has 1 saturated heterocycles. The molecule has 0 saturated carbocycles. The van der Waals surface area contributed by atoms with Gasteiger partial charge in [-0.1, -0.05) is 0 Å². The van der Waals surface area contributed by atoms with Crippen LogP contribution in [0.5, 0.6) is 0 Å². The Morgan fingerprint density at radius 3 is 2.93 bits per heavy atom. The highest BCUT2D eigenvalue weighted by Crippen LogP contribution is 2.30. The highest BCUT2D eigenvalue weighted by Gasteiger charge is 2.39. The maximum atomic E-state index is 12.7. The van der Waals surface area contributed by atoms with Crippen molar-refractivity contribution in [2.45, 2.75) is 38.6 Å². The summed E-state index contributed by atoms with van der Waals surface area (Å²) in [6.07, 6.45) is 0.510. The molecule has 29 heavy (non-hydrogen) atoms. The van der Waals surface area contributed by atoms with E-state index in [1.54, 1.807) is 18.2 Å². The summed E-state index contributed by atoms with van der Waals surface area (Å²) in [4.78, 5) is 50.2. The van der Waals surface area contributed by atoms with Crippen molar-refractivity contribution < 1.29 is 23.9 Å². The Morgan fingerprint density at radius 2 is 2.10 bits per heavy atom. The number of hydrogen-bond acceptors (Lipinski definition) is 6. The lowest BCUT2D eigenvalue weighted by molar-refractivity contribution is -0.136. The molecule has 1 unspecified atom stereocenters. The molecule has 10 heteroatoms. The lowest BCUT2D eigenvalue weighted by atomic mass is 10.0. The van der Waals surface area contributed by atoms with Crippen molar-refractivity contribution in [2.75, 3.05) is 5.32 Å². The predicted molar refractivity (Wildman–Crippen MR) is 97.5 cm³/mol. The van der Waals surface area contributed by atoms with Gasteiger partial charge in [0.05, 0.1) is 18.9 Å². The second-order valence-corrected chi connectivity index (χ2v) is 7.25. The van der Waals surface area contributed by atoms with Crippen LogP contribution >= 0.6 is 0 Å². The second-order valence-electron chi connectivity index (χ2n) is 7.25. The van der Waals surface area contributed by atoms with Gasteiger partial charge in [0.2, 0.25) is 11.8 Å². The maximum Gasteiger partial charge on any atom is 0.276 e. The molecule has 5 rings (SSSR count). The van der Waals surface area contributed by atoms with Crippen LogP contribution < -0.4 is 10.6 Å². The van der Waals surface area contributed by atoms with Crippen LogP contribution in [0.3, 0.4) is 0 Å². The Morgan fingerprint density at radius 1 is 1.24 bits per heavy atom. The monoisotopic (exact) mass is 395 g/mol. The van der Waals surface area contributed by atoms with E-state index in [1.807, 2.05) is 0 Å². The van der Waals surface area contributed by atoms with Crippen LogP contribution in [-0.4, -0.2) is 44.8 Å². The maximum absolute atomic E-state index is 12.7. The van der Waals surface area contributed by atoms with Gasteiger partial charge in [0.15, 0.2) is 5.69 Å². The van der Waals surface area contributed by atoms with E-state index in [2.05, 4.69) is 20.8 Å². The van der Waals surface area contributed by atoms with Crippen molar-refractivity contribution in [2.24, 2.45) is 0 Å². The van der Waals surface area contributed by atoms with Crippen molar-refractivity contribution in [1.82, 2.24) is 20.4 Å². The Kier molecular flexibility index (Phi) is 3.95. The summed E-state index contributed by atoms with van der Waals surface area (Å²) in [7, 11) is 0. The predicted octanol–water partition coefficient (Wildman–Crippen LogP) is 0.453. The van der Waals surface area contributed by atoms with Crippen molar-refractivity contribution in [3.05, 3.63) is 46.3 Å². The number of imide groups is 1. The normalized spacial score (nSPS) is 20.5. The molecular formula is C19H17N5O5. The third-order valence-electron chi connectivity index (χ3n) is 5.44. The van der Waals surface area contributed by atoms with Crippen LogP contribution in [0.2, 0.25) is 0 Å². The van der Waals surface area contributed by atoms with Crippen LogP contribution in [0.4, 0.5) is 5.69 Å². The second kappa shape index (κ2) is 6.52. The van der Waals surface area contributed by atoms with E-state index in [-0.39, 0.29) is 30.7 Å². The van der Waals surface area contributed by atoms with E-state index >= 15 is 0 Å². The lowest BCUT2D eigenvalue weighted by Gasteiger charge is -2.29. The van der Waals surface area contributed by atoms with E-state index in [0.717, 1.165) is 11.3 Å². The fourth-order valence-corrected chi connectivity index (χ4v) is 3.96. The number of nitrogens with zero attached hydrogens (tertiary/aromatic N) is 2. The van der Waals surface area contributed by atoms with E-state index in [1.165, 1.54) is 4.90 Å². The molecule has 1 aromatic carbocycles. The molecule has 4 amide bonds. The molecular weight excluding hydrogens is 378 g/mol. The molecule has 1 fully saturated rings. The molecule has 148 valence electrons. The lowest BCUT2D eigenvalue weighted by Crippen LogP contribution is -2.52. The number of aromatic amines is 1. The minimum Gasteiger partial charge on any atom is -0.370 e. The van der Waals surface area contributed by atoms with Crippen LogP contribution in [0.25, 0.3) is 0 Å². The number of ether oxygens (including phenoxy) is 1. The number of fused-ring (bicyclic) bond motifs is 2. The SMILES string of the molecule is O=C1CCC(N2Cc3cc(NC(=O)c4n[nH]c5c4COC5)ccc3C2=O)C(=O)N1. The smallest absolute Gasteiger partial charge is 0.276 e. The summed E-state index contributed by atoms with van der Waals surface area (Å²) in [5.41, 5.74) is 3.58. The third kappa shape index (κ3) is 2.88. The van der Waals surface area contributed by atoms with Gasteiger partial charge in [-0.05, 0) is 30.2 Å². The number of nitrogens with one attached hydrogen (secondary N) is 3. The van der Waals surface area contributed by atoms with Gasteiger partial charge in [0, 0.05) is 29.8 Å². The standard InChI is InChI=1S/C19H17N5O5/c25-15-4-3-14(17(26)21-15)24-6-9-5-10(1-2-11(9)19(24)28)20-18(27)16-12-7-29-8-13(12)22-23-16/h1-2,5,14H,3-4,6-8H2,(H,20,27)(H,22,23)(H,21,25,26). The zero-order valence-electron chi connectivity index (χ0n) is 15.3. The number of hydrogen-bond donors (Lipinski definition) is 3. The van der Waals surface area contributed by atoms with Gasteiger partial charge in [-0.25, -0.2) is 0 Å². The summed E-state index contributed by atoms with van der Waals surface area (Å²) in [5.74, 6) is -1.39. The number of amides is 4. The molecule has 2 aromatic rings. The number of benzene rings is 1. The molecule has 3 N–H and O–H groups in total. The minimum atomic E-state index is -0.669. The summed E-state index contributed by atoms with van der Waals surface area (Å²) in [6.45, 7) is 0.997. The quantitative estimate of drug-likeness (QED) is 0.647. The van der Waals surface area contributed by atoms with Crippen LogP contribution in [0.15, 0.2) is 18.2 Å². The van der Waals surface area contributed by atoms with Crippen LogP contribution in [0, 0.1) is 0 Å². The van der Waals surface area contributed by atoms with Gasteiger partial charge < -0.3 is 15.0 Å². The van der Waals surface area contributed by atoms with Crippen molar-refractivity contribution >= 4 is 29.3 Å². The fourth-order valence-electron chi connectivity index (χ4n) is 3.96. The van der Waals surface area contributed by atoms with Gasteiger partial charge >= 0.3 is 0 Å². The summed E-state index contributed by atoms with van der Waals surface area (Å²) in [5, 5.41) is 11.9. The number of carbonyl (C=O) groups excluding carboxylic acids is 4. The number of anilines is 1. The molecule has 3 aliphatic heterocycles. The van der Waals surface area contributed by atoms with Crippen LogP contribution in [-0.2, 0) is 34.1 Å². The van der Waals surface area contributed by atoms with Gasteiger partial charge in [-0.3, -0.25) is 29.6 Å². The molecule has 1 atom stereocenters. The molecule has 0 radical (unpaired) electrons. The highest BCUT2D eigenvalue weighted by atomic mass is 16.5. The van der Waals surface area contributed by atoms with Crippen LogP contribution in [0.1, 0.15) is 50.5 Å². The number of piperidine rings is 1. The topological polar surface area (TPSA) is 133 Å². The average molecular weight is 395 g/mol. The zero-order valence-corrected chi connectivity index (χ0v) is 15.3. The molecule has 0 bridgehead atoms. The van der Waals surface area contributed by atoms with E-state index in [0.29, 0.717) is 42.1 Å². The molecule has 0 aliphatic carbocycles. The number of aromatic nitrogens is 2. The Hall–Kier alpha value is -3.53. The summed E-state index contributed by atoms with van der Waals surface area (Å²) in [6, 6.07) is 4.33. The van der Waals surface area contributed by atoms with Gasteiger partial charge in [0.1, 0.15) is 6.04 Å². The first-order chi connectivity index (χ1) is 14.0.